The molecule has 2 N–H and O–H groups in total. The predicted molar refractivity (Wildman–Crippen MR) is 60.9 cm³/mol. The Bertz CT molecular complexity index is 443. The molecule has 7 nitrogen and oxygen atoms in total. The van der Waals surface area contributed by atoms with Crippen molar-refractivity contribution in [1.29, 1.82) is 0 Å². The van der Waals surface area contributed by atoms with Gasteiger partial charge in [0.15, 0.2) is 11.8 Å². The molecule has 0 saturated carbocycles. The number of nitrogens with zero attached hydrogens (tertiary/aromatic N) is 2. The van der Waals surface area contributed by atoms with Crippen molar-refractivity contribution >= 4 is 18.0 Å². The van der Waals surface area contributed by atoms with E-state index in [2.05, 4.69) is 15.4 Å². The Kier molecular flexibility index (Phi) is 3.83. The summed E-state index contributed by atoms with van der Waals surface area (Å²) >= 11 is 0. The average molecular weight is 249 g/mol. The molecule has 0 unspecified atom stereocenters. The van der Waals surface area contributed by atoms with E-state index in [0.29, 0.717) is 13.0 Å². The molecule has 1 aromatic rings. The van der Waals surface area contributed by atoms with E-state index >= 15 is 0 Å². The van der Waals surface area contributed by atoms with Crippen LogP contribution in [0.15, 0.2) is 12.5 Å². The van der Waals surface area contributed by atoms with Crippen molar-refractivity contribution in [2.45, 2.75) is 25.3 Å². The second kappa shape index (κ2) is 5.54. The van der Waals surface area contributed by atoms with Crippen molar-refractivity contribution in [3.63, 3.8) is 0 Å². The molecular formula is C11H13N4O3. The van der Waals surface area contributed by atoms with E-state index < -0.39 is 6.04 Å². The fourth-order valence-corrected chi connectivity index (χ4v) is 1.81. The summed E-state index contributed by atoms with van der Waals surface area (Å²) in [6, 6.07) is -1.12. The molecular weight excluding hydrogens is 236 g/mol. The van der Waals surface area contributed by atoms with Crippen LogP contribution in [0.2, 0.25) is 0 Å². The summed E-state index contributed by atoms with van der Waals surface area (Å²) in [5.41, 5.74) is 3.63. The van der Waals surface area contributed by atoms with Gasteiger partial charge in [0.25, 0.3) is 0 Å². The summed E-state index contributed by atoms with van der Waals surface area (Å²) in [7, 11) is 0. The smallest absolute Gasteiger partial charge is 0.238 e. The van der Waals surface area contributed by atoms with Crippen molar-refractivity contribution in [3.8, 4) is 0 Å². The second-order valence-electron chi connectivity index (χ2n) is 3.97. The van der Waals surface area contributed by atoms with Crippen LogP contribution < -0.4 is 5.43 Å². The van der Waals surface area contributed by atoms with Crippen LogP contribution in [0.1, 0.15) is 18.5 Å². The molecule has 1 aromatic heterocycles. The van der Waals surface area contributed by atoms with Crippen LogP contribution in [0.25, 0.3) is 0 Å². The highest BCUT2D eigenvalue weighted by molar-refractivity contribution is 6.04. The van der Waals surface area contributed by atoms with Crippen molar-refractivity contribution in [2.24, 2.45) is 0 Å². The maximum Gasteiger partial charge on any atom is 0.238 e. The number of H-pyrrole nitrogens is 1. The number of carbonyl (C=O) groups excluding carboxylic acids is 3. The topological polar surface area (TPSA) is 95.2 Å². The van der Waals surface area contributed by atoms with Gasteiger partial charge in [0.1, 0.15) is 0 Å². The summed E-state index contributed by atoms with van der Waals surface area (Å²) < 4.78 is 0. The molecule has 1 saturated heterocycles. The average Bonchev–Trinajstić information content (AvgIpc) is 2.87. The van der Waals surface area contributed by atoms with Gasteiger partial charge in [-0.25, -0.2) is 10.4 Å². The predicted octanol–water partition coefficient (Wildman–Crippen LogP) is -0.873. The Balaban J connectivity index is 1.91. The number of carbonyl (C=O) groups is 2. The first-order valence-corrected chi connectivity index (χ1v) is 5.66. The second-order valence-corrected chi connectivity index (χ2v) is 3.97. The molecule has 95 valence electrons. The third-order valence-electron chi connectivity index (χ3n) is 2.75. The molecule has 0 aliphatic carbocycles. The zero-order valence-corrected chi connectivity index (χ0v) is 9.68. The lowest BCUT2D eigenvalue weighted by molar-refractivity contribution is -0.146. The van der Waals surface area contributed by atoms with Gasteiger partial charge in [-0.15, -0.1) is 0 Å². The van der Waals surface area contributed by atoms with Crippen LogP contribution in [0.4, 0.5) is 0 Å². The minimum atomic E-state index is -1.12. The molecule has 18 heavy (non-hydrogen) atoms. The molecule has 0 bridgehead atoms. The molecule has 1 amide bonds. The highest BCUT2D eigenvalue weighted by atomic mass is 16.2. The first-order valence-electron chi connectivity index (χ1n) is 5.66. The maximum absolute atomic E-state index is 11.6. The standard InChI is InChI=1S/C11H13N4O3/c16-6-9-10(17)1-2-11(18)15(9)14-4-3-8-5-12-7-13-8/h5,7,9,14H,1-4H2,(H,12,13)/t9-/m1/s1. The molecule has 2 rings (SSSR count). The van der Waals surface area contributed by atoms with Crippen molar-refractivity contribution in [3.05, 3.63) is 18.2 Å². The molecule has 1 aliphatic heterocycles. The first kappa shape index (κ1) is 12.4. The first-order chi connectivity index (χ1) is 8.72. The number of hydrogen-bond donors (Lipinski definition) is 2. The molecule has 1 aliphatic rings. The Hall–Kier alpha value is -2.02. The number of hydrogen-bond acceptors (Lipinski definition) is 5. The van der Waals surface area contributed by atoms with Crippen LogP contribution in [0.3, 0.4) is 0 Å². The van der Waals surface area contributed by atoms with Crippen molar-refractivity contribution in [2.75, 3.05) is 6.54 Å². The number of aromatic nitrogens is 2. The number of aromatic amines is 1. The van der Waals surface area contributed by atoms with Gasteiger partial charge in [-0.05, 0) is 0 Å². The highest BCUT2D eigenvalue weighted by Gasteiger charge is 2.34. The molecule has 1 atom stereocenters. The Labute approximate surface area is 104 Å². The Morgan fingerprint density at radius 2 is 2.33 bits per heavy atom. The SMILES string of the molecule is O=[C][C@@H]1C(=O)CCC(=O)N1NCCc1c[nH]cn1. The lowest BCUT2D eigenvalue weighted by atomic mass is 10.0. The minimum absolute atomic E-state index is 0.107. The van der Waals surface area contributed by atoms with Gasteiger partial charge >= 0.3 is 0 Å². The van der Waals surface area contributed by atoms with E-state index in [1.54, 1.807) is 18.8 Å². The summed E-state index contributed by atoms with van der Waals surface area (Å²) in [5, 5.41) is 1.07. The summed E-state index contributed by atoms with van der Waals surface area (Å²) in [5.74, 6) is -0.540. The van der Waals surface area contributed by atoms with Crippen molar-refractivity contribution < 1.29 is 14.4 Å². The lowest BCUT2D eigenvalue weighted by Crippen LogP contribution is -2.56. The molecule has 2 heterocycles. The van der Waals surface area contributed by atoms with Crippen LogP contribution in [-0.2, 0) is 20.8 Å². The summed E-state index contributed by atoms with van der Waals surface area (Å²) in [4.78, 5) is 40.6. The van der Waals surface area contributed by atoms with Gasteiger partial charge in [0.05, 0.1) is 12.0 Å². The van der Waals surface area contributed by atoms with Gasteiger partial charge in [-0.3, -0.25) is 19.4 Å². The normalized spacial score (nSPS) is 20.2. The van der Waals surface area contributed by atoms with Gasteiger partial charge in [0, 0.05) is 32.0 Å². The van der Waals surface area contributed by atoms with E-state index in [1.807, 2.05) is 0 Å². The zero-order valence-electron chi connectivity index (χ0n) is 9.68. The molecule has 0 aromatic carbocycles. The van der Waals surface area contributed by atoms with Gasteiger partial charge in [0.2, 0.25) is 12.2 Å². The third-order valence-corrected chi connectivity index (χ3v) is 2.75. The van der Waals surface area contributed by atoms with Gasteiger partial charge < -0.3 is 4.98 Å². The Morgan fingerprint density at radius 3 is 3.00 bits per heavy atom. The number of Topliss-reactive ketones (excluding diaryl/α,β-unsaturated/α-hetero) is 1. The quantitative estimate of drug-likeness (QED) is 0.661. The number of ketones is 1. The van der Waals surface area contributed by atoms with Crippen molar-refractivity contribution in [1.82, 2.24) is 20.4 Å². The largest absolute Gasteiger partial charge is 0.351 e. The van der Waals surface area contributed by atoms with Crippen LogP contribution >= 0.6 is 0 Å². The van der Waals surface area contributed by atoms with Crippen LogP contribution in [0.5, 0.6) is 0 Å². The molecule has 7 heteroatoms. The van der Waals surface area contributed by atoms with Crippen LogP contribution in [-0.4, -0.2) is 45.5 Å². The summed E-state index contributed by atoms with van der Waals surface area (Å²) in [6.07, 6.45) is 5.73. The number of piperidine rings is 1. The fraction of sp³-hybridized carbons (Fsp3) is 0.455. The molecule has 1 radical (unpaired) electrons. The summed E-state index contributed by atoms with van der Waals surface area (Å²) in [6.45, 7) is 0.419. The van der Waals surface area contributed by atoms with Crippen LogP contribution in [0, 0.1) is 0 Å². The Morgan fingerprint density at radius 1 is 1.50 bits per heavy atom. The van der Waals surface area contributed by atoms with E-state index in [4.69, 9.17) is 0 Å². The van der Waals surface area contributed by atoms with E-state index in [-0.39, 0.29) is 24.5 Å². The number of nitrogens with one attached hydrogen (secondary N) is 2. The monoisotopic (exact) mass is 249 g/mol. The van der Waals surface area contributed by atoms with E-state index in [0.717, 1.165) is 10.7 Å². The fourth-order valence-electron chi connectivity index (χ4n) is 1.81. The number of hydrazine groups is 1. The maximum atomic E-state index is 11.6. The van der Waals surface area contributed by atoms with E-state index in [9.17, 15) is 14.4 Å². The number of rotatable bonds is 5. The van der Waals surface area contributed by atoms with Gasteiger partial charge in [-0.2, -0.15) is 0 Å². The lowest BCUT2D eigenvalue weighted by Gasteiger charge is -2.30. The highest BCUT2D eigenvalue weighted by Crippen LogP contribution is 2.11. The number of imidazole rings is 1. The number of amides is 1. The van der Waals surface area contributed by atoms with Gasteiger partial charge in [-0.1, -0.05) is 0 Å². The van der Waals surface area contributed by atoms with E-state index in [1.165, 1.54) is 0 Å². The zero-order chi connectivity index (χ0) is 13.0. The molecule has 0 spiro atoms. The minimum Gasteiger partial charge on any atom is -0.351 e. The third kappa shape index (κ3) is 2.62. The molecule has 1 fully saturated rings.